The Labute approximate surface area is 203 Å². The predicted molar refractivity (Wildman–Crippen MR) is 132 cm³/mol. The average molecular weight is 480 g/mol. The van der Waals surface area contributed by atoms with Gasteiger partial charge in [-0.15, -0.1) is 0 Å². The number of anilines is 1. The maximum Gasteiger partial charge on any atom is 0.269 e. The lowest BCUT2D eigenvalue weighted by Crippen LogP contribution is -2.38. The molecular weight excluding hydrogens is 450 g/mol. The first-order chi connectivity index (χ1) is 16.5. The van der Waals surface area contributed by atoms with Crippen molar-refractivity contribution in [2.45, 2.75) is 33.1 Å². The third-order valence-corrected chi connectivity index (χ3v) is 5.39. The Bertz CT molecular complexity index is 1210. The first-order valence-corrected chi connectivity index (χ1v) is 11.1. The quantitative estimate of drug-likeness (QED) is 0.382. The van der Waals surface area contributed by atoms with E-state index >= 15 is 0 Å². The molecule has 10 nitrogen and oxygen atoms in total. The fraction of sp³-hybridized carbons (Fsp3) is 0.320. The van der Waals surface area contributed by atoms with E-state index in [0.29, 0.717) is 11.6 Å². The summed E-state index contributed by atoms with van der Waals surface area (Å²) in [5.74, 6) is 0.392. The molecular formula is C25H29N5O5. The molecule has 0 bridgehead atoms. The SMILES string of the molecule is CCN(CC(=O)Nc1cc(C(C)(C)C)nn1-c1ccc(OC)cc1)C(=O)c1ccc([N+](=O)[O-])cc1. The van der Waals surface area contributed by atoms with Crippen LogP contribution >= 0.6 is 0 Å². The van der Waals surface area contributed by atoms with Crippen LogP contribution in [0, 0.1) is 10.1 Å². The standard InChI is InChI=1S/C25H29N5O5/c1-6-28(24(32)17-7-9-19(10-8-17)30(33)34)16-23(31)26-22-15-21(25(2,3)4)27-29(22)18-11-13-20(35-5)14-12-18/h7-15H,6,16H2,1-5H3,(H,26,31). The Kier molecular flexibility index (Phi) is 7.53. The number of ether oxygens (including phenoxy) is 1. The highest BCUT2D eigenvalue weighted by Gasteiger charge is 2.23. The van der Waals surface area contributed by atoms with Crippen molar-refractivity contribution < 1.29 is 19.2 Å². The second kappa shape index (κ2) is 10.4. The number of carbonyl (C=O) groups is 2. The van der Waals surface area contributed by atoms with Crippen LogP contribution in [0.5, 0.6) is 5.75 Å². The fourth-order valence-electron chi connectivity index (χ4n) is 3.35. The van der Waals surface area contributed by atoms with E-state index < -0.39 is 16.7 Å². The number of non-ortho nitro benzene ring substituents is 1. The van der Waals surface area contributed by atoms with E-state index in [1.54, 1.807) is 30.8 Å². The van der Waals surface area contributed by atoms with Gasteiger partial charge in [0.15, 0.2) is 0 Å². The first-order valence-electron chi connectivity index (χ1n) is 11.1. The molecule has 0 atom stereocenters. The number of likely N-dealkylation sites (N-methyl/N-ethyl adjacent to an activating group) is 1. The van der Waals surface area contributed by atoms with Crippen molar-refractivity contribution in [3.63, 3.8) is 0 Å². The highest BCUT2D eigenvalue weighted by atomic mass is 16.6. The zero-order chi connectivity index (χ0) is 25.8. The Morgan fingerprint density at radius 3 is 2.26 bits per heavy atom. The summed E-state index contributed by atoms with van der Waals surface area (Å²) >= 11 is 0. The number of rotatable bonds is 8. The Morgan fingerprint density at radius 2 is 1.74 bits per heavy atom. The third-order valence-electron chi connectivity index (χ3n) is 5.39. The molecule has 184 valence electrons. The summed E-state index contributed by atoms with van der Waals surface area (Å²) in [5, 5.41) is 18.4. The van der Waals surface area contributed by atoms with Crippen molar-refractivity contribution in [3.05, 3.63) is 76.0 Å². The second-order valence-corrected chi connectivity index (χ2v) is 8.95. The number of nitro benzene ring substituents is 1. The van der Waals surface area contributed by atoms with Gasteiger partial charge < -0.3 is 15.0 Å². The van der Waals surface area contributed by atoms with Crippen molar-refractivity contribution in [1.29, 1.82) is 0 Å². The van der Waals surface area contributed by atoms with E-state index in [4.69, 9.17) is 9.84 Å². The number of carbonyl (C=O) groups excluding carboxylic acids is 2. The fourth-order valence-corrected chi connectivity index (χ4v) is 3.35. The van der Waals surface area contributed by atoms with Gasteiger partial charge in [-0.05, 0) is 43.3 Å². The Hall–Kier alpha value is -4.21. The molecule has 1 heterocycles. The van der Waals surface area contributed by atoms with Gasteiger partial charge in [0.2, 0.25) is 5.91 Å². The smallest absolute Gasteiger partial charge is 0.269 e. The first kappa shape index (κ1) is 25.4. The number of methoxy groups -OCH3 is 1. The summed E-state index contributed by atoms with van der Waals surface area (Å²) < 4.78 is 6.87. The minimum atomic E-state index is -0.531. The molecule has 2 aromatic carbocycles. The minimum Gasteiger partial charge on any atom is -0.497 e. The largest absolute Gasteiger partial charge is 0.497 e. The van der Waals surface area contributed by atoms with Crippen LogP contribution < -0.4 is 10.1 Å². The van der Waals surface area contributed by atoms with Crippen molar-refractivity contribution in [2.24, 2.45) is 0 Å². The maximum absolute atomic E-state index is 12.9. The summed E-state index contributed by atoms with van der Waals surface area (Å²) in [4.78, 5) is 37.5. The zero-order valence-electron chi connectivity index (χ0n) is 20.4. The molecule has 0 spiro atoms. The number of aromatic nitrogens is 2. The second-order valence-electron chi connectivity index (χ2n) is 8.95. The van der Waals surface area contributed by atoms with Gasteiger partial charge in [-0.3, -0.25) is 19.7 Å². The summed E-state index contributed by atoms with van der Waals surface area (Å²) in [5.41, 5.74) is 1.44. The van der Waals surface area contributed by atoms with Gasteiger partial charge in [0.05, 0.1) is 23.4 Å². The third kappa shape index (κ3) is 6.03. The number of nitro groups is 1. The summed E-state index contributed by atoms with van der Waals surface area (Å²) in [7, 11) is 1.59. The topological polar surface area (TPSA) is 120 Å². The van der Waals surface area contributed by atoms with Crippen LogP contribution in [-0.2, 0) is 10.2 Å². The molecule has 0 fully saturated rings. The number of benzene rings is 2. The van der Waals surface area contributed by atoms with E-state index in [1.165, 1.54) is 29.2 Å². The number of hydrogen-bond donors (Lipinski definition) is 1. The van der Waals surface area contributed by atoms with E-state index in [1.807, 2.05) is 39.0 Å². The van der Waals surface area contributed by atoms with Gasteiger partial charge in [-0.25, -0.2) is 4.68 Å². The summed E-state index contributed by atoms with van der Waals surface area (Å²) in [6, 6.07) is 14.4. The molecule has 0 aliphatic carbocycles. The van der Waals surface area contributed by atoms with Crippen LogP contribution in [0.15, 0.2) is 54.6 Å². The Morgan fingerprint density at radius 1 is 1.11 bits per heavy atom. The normalized spacial score (nSPS) is 11.1. The molecule has 3 rings (SSSR count). The number of nitrogens with zero attached hydrogens (tertiary/aromatic N) is 4. The molecule has 1 aromatic heterocycles. The molecule has 10 heteroatoms. The number of amides is 2. The van der Waals surface area contributed by atoms with Crippen molar-refractivity contribution in [3.8, 4) is 11.4 Å². The molecule has 35 heavy (non-hydrogen) atoms. The molecule has 0 unspecified atom stereocenters. The number of hydrogen-bond acceptors (Lipinski definition) is 6. The summed E-state index contributed by atoms with van der Waals surface area (Å²) in [6.07, 6.45) is 0. The molecule has 3 aromatic rings. The number of nitrogens with one attached hydrogen (secondary N) is 1. The van der Waals surface area contributed by atoms with E-state index in [0.717, 1.165) is 11.4 Å². The lowest BCUT2D eigenvalue weighted by molar-refractivity contribution is -0.384. The van der Waals surface area contributed by atoms with Crippen molar-refractivity contribution in [1.82, 2.24) is 14.7 Å². The highest BCUT2D eigenvalue weighted by molar-refractivity contribution is 5.99. The molecule has 0 saturated carbocycles. The molecule has 1 N–H and O–H groups in total. The van der Waals surface area contributed by atoms with Crippen LogP contribution in [0.1, 0.15) is 43.7 Å². The van der Waals surface area contributed by atoms with E-state index in [9.17, 15) is 19.7 Å². The van der Waals surface area contributed by atoms with Crippen LogP contribution in [0.25, 0.3) is 5.69 Å². The molecule has 2 amide bonds. The average Bonchev–Trinajstić information content (AvgIpc) is 3.26. The van der Waals surface area contributed by atoms with Crippen molar-refractivity contribution >= 4 is 23.3 Å². The summed E-state index contributed by atoms with van der Waals surface area (Å²) in [6.45, 7) is 7.94. The Balaban J connectivity index is 1.81. The van der Waals surface area contributed by atoms with E-state index in [-0.39, 0.29) is 29.8 Å². The monoisotopic (exact) mass is 479 g/mol. The molecule has 0 radical (unpaired) electrons. The van der Waals surface area contributed by atoms with Gasteiger partial charge in [0, 0.05) is 35.7 Å². The van der Waals surface area contributed by atoms with Gasteiger partial charge in [-0.1, -0.05) is 20.8 Å². The van der Waals surface area contributed by atoms with Crippen LogP contribution in [0.4, 0.5) is 11.5 Å². The van der Waals surface area contributed by atoms with Gasteiger partial charge in [-0.2, -0.15) is 5.10 Å². The maximum atomic E-state index is 12.9. The predicted octanol–water partition coefficient (Wildman–Crippen LogP) is 4.19. The highest BCUT2D eigenvalue weighted by Crippen LogP contribution is 2.27. The molecule has 0 saturated heterocycles. The molecule has 0 aliphatic rings. The van der Waals surface area contributed by atoms with Crippen LogP contribution in [-0.4, -0.2) is 51.6 Å². The molecule has 0 aliphatic heterocycles. The van der Waals surface area contributed by atoms with Gasteiger partial charge in [0.1, 0.15) is 18.1 Å². The van der Waals surface area contributed by atoms with Gasteiger partial charge in [0.25, 0.3) is 11.6 Å². The lowest BCUT2D eigenvalue weighted by atomic mass is 9.92. The minimum absolute atomic E-state index is 0.108. The van der Waals surface area contributed by atoms with Crippen LogP contribution in [0.2, 0.25) is 0 Å². The van der Waals surface area contributed by atoms with Crippen LogP contribution in [0.3, 0.4) is 0 Å². The van der Waals surface area contributed by atoms with Crippen molar-refractivity contribution in [2.75, 3.05) is 25.5 Å². The van der Waals surface area contributed by atoms with E-state index in [2.05, 4.69) is 5.32 Å². The van der Waals surface area contributed by atoms with Gasteiger partial charge >= 0.3 is 0 Å². The lowest BCUT2D eigenvalue weighted by Gasteiger charge is -2.20. The zero-order valence-corrected chi connectivity index (χ0v) is 20.4.